The maximum atomic E-state index is 12.2. The number of phenols is 1. The molecular formula is C17H19NO5. The van der Waals surface area contributed by atoms with E-state index in [0.29, 0.717) is 11.1 Å². The van der Waals surface area contributed by atoms with Crippen molar-refractivity contribution >= 4 is 16.9 Å². The molecule has 0 fully saturated rings. The minimum absolute atomic E-state index is 0.0125. The minimum Gasteiger partial charge on any atom is -0.507 e. The Morgan fingerprint density at radius 3 is 2.70 bits per heavy atom. The van der Waals surface area contributed by atoms with Gasteiger partial charge in [0.1, 0.15) is 17.4 Å². The summed E-state index contributed by atoms with van der Waals surface area (Å²) in [4.78, 5) is 23.1. The van der Waals surface area contributed by atoms with Gasteiger partial charge in [-0.25, -0.2) is 4.79 Å². The molecule has 1 aliphatic rings. The Labute approximate surface area is 132 Å². The van der Waals surface area contributed by atoms with Crippen LogP contribution in [0.5, 0.6) is 5.75 Å². The van der Waals surface area contributed by atoms with E-state index in [2.05, 4.69) is 5.32 Å². The molecule has 0 saturated carbocycles. The second-order valence-electron chi connectivity index (χ2n) is 5.93. The van der Waals surface area contributed by atoms with Crippen molar-refractivity contribution in [3.8, 4) is 5.75 Å². The number of fused-ring (bicyclic) bond motifs is 3. The highest BCUT2D eigenvalue weighted by Gasteiger charge is 2.21. The highest BCUT2D eigenvalue weighted by Crippen LogP contribution is 2.32. The lowest BCUT2D eigenvalue weighted by Crippen LogP contribution is -2.33. The van der Waals surface area contributed by atoms with Crippen LogP contribution in [0.2, 0.25) is 0 Å². The third-order valence-corrected chi connectivity index (χ3v) is 4.43. The second-order valence-corrected chi connectivity index (χ2v) is 5.93. The average molecular weight is 317 g/mol. The fraction of sp³-hybridized carbons (Fsp3) is 0.412. The SMILES string of the molecule is CC(NCc1c(O)ccc2c3c(c(=O)oc12)CCCC3)C(=O)O. The molecule has 0 aliphatic heterocycles. The summed E-state index contributed by atoms with van der Waals surface area (Å²) in [6.07, 6.45) is 3.54. The van der Waals surface area contributed by atoms with E-state index in [1.165, 1.54) is 6.92 Å². The maximum absolute atomic E-state index is 12.2. The first kappa shape index (κ1) is 15.6. The smallest absolute Gasteiger partial charge is 0.339 e. The number of hydrogen-bond donors (Lipinski definition) is 3. The van der Waals surface area contributed by atoms with Crippen LogP contribution < -0.4 is 10.9 Å². The zero-order valence-electron chi connectivity index (χ0n) is 12.9. The molecule has 0 bridgehead atoms. The third kappa shape index (κ3) is 2.82. The molecule has 3 rings (SSSR count). The molecular weight excluding hydrogens is 298 g/mol. The predicted molar refractivity (Wildman–Crippen MR) is 84.7 cm³/mol. The number of phenolic OH excluding ortho intramolecular Hbond substituents is 1. The summed E-state index contributed by atoms with van der Waals surface area (Å²) >= 11 is 0. The van der Waals surface area contributed by atoms with Crippen molar-refractivity contribution in [2.75, 3.05) is 0 Å². The lowest BCUT2D eigenvalue weighted by Gasteiger charge is -2.18. The fourth-order valence-electron chi connectivity index (χ4n) is 3.07. The van der Waals surface area contributed by atoms with Crippen molar-refractivity contribution in [3.63, 3.8) is 0 Å². The van der Waals surface area contributed by atoms with Crippen LogP contribution in [-0.4, -0.2) is 22.2 Å². The second kappa shape index (κ2) is 6.04. The van der Waals surface area contributed by atoms with E-state index < -0.39 is 12.0 Å². The molecule has 1 aliphatic carbocycles. The summed E-state index contributed by atoms with van der Waals surface area (Å²) in [5.74, 6) is -0.995. The molecule has 0 amide bonds. The zero-order valence-corrected chi connectivity index (χ0v) is 12.9. The Kier molecular flexibility index (Phi) is 4.09. The summed E-state index contributed by atoms with van der Waals surface area (Å²) in [7, 11) is 0. The topological polar surface area (TPSA) is 99.8 Å². The van der Waals surface area contributed by atoms with Gasteiger partial charge in [0.15, 0.2) is 0 Å². The van der Waals surface area contributed by atoms with Crippen molar-refractivity contribution < 1.29 is 19.4 Å². The zero-order chi connectivity index (χ0) is 16.6. The Morgan fingerprint density at radius 1 is 1.30 bits per heavy atom. The largest absolute Gasteiger partial charge is 0.507 e. The van der Waals surface area contributed by atoms with E-state index in [4.69, 9.17) is 9.52 Å². The van der Waals surface area contributed by atoms with Gasteiger partial charge in [0, 0.05) is 17.5 Å². The van der Waals surface area contributed by atoms with Gasteiger partial charge in [0.2, 0.25) is 0 Å². The molecule has 1 unspecified atom stereocenters. The Morgan fingerprint density at radius 2 is 2.00 bits per heavy atom. The van der Waals surface area contributed by atoms with Crippen LogP contribution in [0.25, 0.3) is 11.0 Å². The minimum atomic E-state index is -0.983. The molecule has 23 heavy (non-hydrogen) atoms. The Bertz CT molecular complexity index is 824. The van der Waals surface area contributed by atoms with E-state index in [0.717, 1.165) is 42.2 Å². The van der Waals surface area contributed by atoms with Gasteiger partial charge in [-0.1, -0.05) is 0 Å². The van der Waals surface area contributed by atoms with E-state index in [9.17, 15) is 14.7 Å². The number of aliphatic carboxylic acids is 1. The van der Waals surface area contributed by atoms with Crippen LogP contribution in [0.3, 0.4) is 0 Å². The lowest BCUT2D eigenvalue weighted by atomic mass is 9.90. The van der Waals surface area contributed by atoms with Gasteiger partial charge in [-0.2, -0.15) is 0 Å². The number of rotatable bonds is 4. The van der Waals surface area contributed by atoms with Crippen molar-refractivity contribution in [1.29, 1.82) is 0 Å². The van der Waals surface area contributed by atoms with Crippen LogP contribution in [0.1, 0.15) is 36.5 Å². The molecule has 2 aromatic rings. The molecule has 1 atom stereocenters. The number of nitrogens with one attached hydrogen (secondary N) is 1. The summed E-state index contributed by atoms with van der Waals surface area (Å²) in [5.41, 5.74) is 2.13. The van der Waals surface area contributed by atoms with E-state index in [-0.39, 0.29) is 17.9 Å². The Balaban J connectivity index is 2.10. The van der Waals surface area contributed by atoms with Gasteiger partial charge in [-0.15, -0.1) is 0 Å². The number of aryl methyl sites for hydroxylation is 1. The van der Waals surface area contributed by atoms with Crippen molar-refractivity contribution in [1.82, 2.24) is 5.32 Å². The molecule has 6 heteroatoms. The molecule has 1 heterocycles. The van der Waals surface area contributed by atoms with Gasteiger partial charge >= 0.3 is 11.6 Å². The fourth-order valence-corrected chi connectivity index (χ4v) is 3.07. The highest BCUT2D eigenvalue weighted by molar-refractivity contribution is 5.86. The van der Waals surface area contributed by atoms with Crippen molar-refractivity contribution in [2.45, 2.75) is 45.2 Å². The number of hydrogen-bond acceptors (Lipinski definition) is 5. The quantitative estimate of drug-likeness (QED) is 0.745. The molecule has 0 saturated heterocycles. The predicted octanol–water partition coefficient (Wildman–Crippen LogP) is 1.94. The molecule has 3 N–H and O–H groups in total. The van der Waals surface area contributed by atoms with Gasteiger partial charge in [-0.05, 0) is 50.3 Å². The number of carboxylic acid groups (broad SMARTS) is 1. The molecule has 1 aromatic heterocycles. The first-order valence-corrected chi connectivity index (χ1v) is 7.74. The van der Waals surface area contributed by atoms with Crippen LogP contribution in [0.4, 0.5) is 0 Å². The highest BCUT2D eigenvalue weighted by atomic mass is 16.4. The number of carbonyl (C=O) groups is 1. The average Bonchev–Trinajstić information content (AvgIpc) is 2.54. The Hall–Kier alpha value is -2.34. The van der Waals surface area contributed by atoms with Crippen LogP contribution in [0, 0.1) is 0 Å². The normalized spacial score (nSPS) is 15.3. The standard InChI is InChI=1S/C17H19NO5/c1-9(16(20)21)18-8-13-14(19)7-6-11-10-4-2-3-5-12(10)17(22)23-15(11)13/h6-7,9,18-19H,2-5,8H2,1H3,(H,20,21). The summed E-state index contributed by atoms with van der Waals surface area (Å²) in [5, 5.41) is 22.7. The lowest BCUT2D eigenvalue weighted by molar-refractivity contribution is -0.139. The van der Waals surface area contributed by atoms with Crippen molar-refractivity contribution in [2.24, 2.45) is 0 Å². The number of aromatic hydroxyl groups is 1. The summed E-state index contributed by atoms with van der Waals surface area (Å²) in [6.45, 7) is 1.63. The van der Waals surface area contributed by atoms with Crippen LogP contribution in [-0.2, 0) is 24.2 Å². The maximum Gasteiger partial charge on any atom is 0.339 e. The summed E-state index contributed by atoms with van der Waals surface area (Å²) in [6, 6.07) is 2.57. The van der Waals surface area contributed by atoms with Crippen molar-refractivity contribution in [3.05, 3.63) is 39.2 Å². The molecule has 122 valence electrons. The molecule has 0 radical (unpaired) electrons. The molecule has 0 spiro atoms. The van der Waals surface area contributed by atoms with Crippen LogP contribution >= 0.6 is 0 Å². The van der Waals surface area contributed by atoms with Gasteiger partial charge < -0.3 is 19.9 Å². The monoisotopic (exact) mass is 317 g/mol. The number of carboxylic acids is 1. The molecule has 6 nitrogen and oxygen atoms in total. The first-order valence-electron chi connectivity index (χ1n) is 7.74. The van der Waals surface area contributed by atoms with E-state index in [1.54, 1.807) is 12.1 Å². The molecule has 1 aromatic carbocycles. The van der Waals surface area contributed by atoms with E-state index in [1.807, 2.05) is 0 Å². The van der Waals surface area contributed by atoms with Crippen LogP contribution in [0.15, 0.2) is 21.3 Å². The summed E-state index contributed by atoms with van der Waals surface area (Å²) < 4.78 is 5.46. The van der Waals surface area contributed by atoms with Gasteiger partial charge in [0.25, 0.3) is 0 Å². The number of benzene rings is 1. The van der Waals surface area contributed by atoms with Gasteiger partial charge in [0.05, 0.1) is 5.56 Å². The van der Waals surface area contributed by atoms with E-state index >= 15 is 0 Å². The first-order chi connectivity index (χ1) is 11.0. The third-order valence-electron chi connectivity index (χ3n) is 4.43. The van der Waals surface area contributed by atoms with Gasteiger partial charge in [-0.3, -0.25) is 4.79 Å².